The number of hydrogen-bond acceptors (Lipinski definition) is 5. The molecule has 0 spiro atoms. The van der Waals surface area contributed by atoms with Crippen LogP contribution in [0.3, 0.4) is 0 Å². The number of ether oxygens (including phenoxy) is 1. The van der Waals surface area contributed by atoms with Crippen molar-refractivity contribution in [1.29, 1.82) is 0 Å². The van der Waals surface area contributed by atoms with Gasteiger partial charge in [0.1, 0.15) is 17.9 Å². The topological polar surface area (TPSA) is 63.5 Å². The average molecular weight is 518 g/mol. The molecule has 1 saturated heterocycles. The van der Waals surface area contributed by atoms with Crippen molar-refractivity contribution >= 4 is 22.8 Å². The molecule has 0 aliphatic carbocycles. The second-order valence-corrected chi connectivity index (χ2v) is 9.98. The lowest BCUT2D eigenvalue weighted by atomic mass is 10.1. The largest absolute Gasteiger partial charge is 0.484 e. The molecule has 0 N–H and O–H groups in total. The molecule has 0 atom stereocenters. The molecule has 0 bridgehead atoms. The lowest BCUT2D eigenvalue weighted by Crippen LogP contribution is -2.50. The summed E-state index contributed by atoms with van der Waals surface area (Å²) in [6.45, 7) is 6.74. The lowest BCUT2D eigenvalue weighted by Gasteiger charge is -2.35. The molecule has 0 unspecified atom stereocenters. The van der Waals surface area contributed by atoms with E-state index in [2.05, 4.69) is 71.1 Å². The summed E-state index contributed by atoms with van der Waals surface area (Å²) in [7, 11) is 0. The number of piperazine rings is 1. The number of rotatable bonds is 6. The average Bonchev–Trinajstić information content (AvgIpc) is 3.37. The molecule has 3 aromatic carbocycles. The van der Waals surface area contributed by atoms with Crippen LogP contribution in [0.4, 0.5) is 5.82 Å². The van der Waals surface area contributed by atoms with Gasteiger partial charge in [-0.3, -0.25) is 4.79 Å². The van der Waals surface area contributed by atoms with Crippen LogP contribution in [0.5, 0.6) is 5.75 Å². The van der Waals surface area contributed by atoms with Crippen LogP contribution in [0.1, 0.15) is 11.1 Å². The number of fused-ring (bicyclic) bond motifs is 1. The highest BCUT2D eigenvalue weighted by molar-refractivity contribution is 6.02. The van der Waals surface area contributed by atoms with Gasteiger partial charge < -0.3 is 19.1 Å². The number of amides is 1. The molecular formula is C32H31N5O2. The summed E-state index contributed by atoms with van der Waals surface area (Å²) in [5.41, 5.74) is 6.45. The molecule has 7 nitrogen and oxygen atoms in total. The number of anilines is 1. The zero-order valence-electron chi connectivity index (χ0n) is 22.2. The first-order valence-corrected chi connectivity index (χ1v) is 13.3. The fraction of sp³-hybridized carbons (Fsp3) is 0.219. The second kappa shape index (κ2) is 10.6. The van der Waals surface area contributed by atoms with Gasteiger partial charge in [-0.05, 0) is 49.2 Å². The Kier molecular flexibility index (Phi) is 6.71. The Labute approximate surface area is 228 Å². The first kappa shape index (κ1) is 24.7. The van der Waals surface area contributed by atoms with Crippen molar-refractivity contribution < 1.29 is 9.53 Å². The summed E-state index contributed by atoms with van der Waals surface area (Å²) in [6, 6.07) is 26.6. The second-order valence-electron chi connectivity index (χ2n) is 9.98. The lowest BCUT2D eigenvalue weighted by molar-refractivity contribution is -0.133. The Hall–Kier alpha value is -4.65. The molecule has 39 heavy (non-hydrogen) atoms. The van der Waals surface area contributed by atoms with Gasteiger partial charge in [0.15, 0.2) is 12.3 Å². The quantitative estimate of drug-likeness (QED) is 0.301. The summed E-state index contributed by atoms with van der Waals surface area (Å²) in [6.07, 6.45) is 3.80. The standard InChI is InChI=1S/C32H31N5O2/c1-23-11-13-26(14-12-23)37-20-28(25-8-4-3-5-9-25)30-31(33-22-34-32(30)37)36-17-15-35(16-18-36)29(38)21-39-27-10-6-7-24(2)19-27/h3-14,19-20,22H,15-18,21H2,1-2H3. The van der Waals surface area contributed by atoms with Gasteiger partial charge in [-0.2, -0.15) is 0 Å². The first-order valence-electron chi connectivity index (χ1n) is 13.3. The Morgan fingerprint density at radius 3 is 2.36 bits per heavy atom. The Morgan fingerprint density at radius 1 is 0.846 bits per heavy atom. The first-order chi connectivity index (χ1) is 19.1. The van der Waals surface area contributed by atoms with E-state index in [0.29, 0.717) is 26.2 Å². The molecular weight excluding hydrogens is 486 g/mol. The molecule has 3 heterocycles. The van der Waals surface area contributed by atoms with Crippen molar-refractivity contribution in [3.8, 4) is 22.6 Å². The van der Waals surface area contributed by atoms with E-state index in [1.807, 2.05) is 42.2 Å². The Morgan fingerprint density at radius 2 is 1.62 bits per heavy atom. The van der Waals surface area contributed by atoms with Gasteiger partial charge in [0.2, 0.25) is 0 Å². The highest BCUT2D eigenvalue weighted by Gasteiger charge is 2.26. The van der Waals surface area contributed by atoms with Crippen molar-refractivity contribution in [1.82, 2.24) is 19.4 Å². The Balaban J connectivity index is 1.27. The number of nitrogens with zero attached hydrogens (tertiary/aromatic N) is 5. The molecule has 0 saturated carbocycles. The van der Waals surface area contributed by atoms with Crippen molar-refractivity contribution in [2.75, 3.05) is 37.7 Å². The van der Waals surface area contributed by atoms with E-state index in [1.54, 1.807) is 6.33 Å². The van der Waals surface area contributed by atoms with Crippen LogP contribution in [-0.4, -0.2) is 58.1 Å². The smallest absolute Gasteiger partial charge is 0.260 e. The number of aryl methyl sites for hydroxylation is 2. The minimum Gasteiger partial charge on any atom is -0.484 e. The predicted octanol–water partition coefficient (Wildman–Crippen LogP) is 5.43. The number of hydrogen-bond donors (Lipinski definition) is 0. The van der Waals surface area contributed by atoms with Crippen molar-refractivity contribution in [3.63, 3.8) is 0 Å². The van der Waals surface area contributed by atoms with Crippen LogP contribution in [0, 0.1) is 13.8 Å². The number of benzene rings is 3. The van der Waals surface area contributed by atoms with E-state index in [0.717, 1.165) is 45.0 Å². The third kappa shape index (κ3) is 5.08. The van der Waals surface area contributed by atoms with Crippen LogP contribution in [0.2, 0.25) is 0 Å². The van der Waals surface area contributed by atoms with E-state index in [9.17, 15) is 4.79 Å². The molecule has 1 aliphatic heterocycles. The molecule has 1 amide bonds. The third-order valence-electron chi connectivity index (χ3n) is 7.24. The van der Waals surface area contributed by atoms with Crippen molar-refractivity contribution in [2.24, 2.45) is 0 Å². The molecule has 1 fully saturated rings. The maximum absolute atomic E-state index is 12.9. The van der Waals surface area contributed by atoms with Crippen molar-refractivity contribution in [2.45, 2.75) is 13.8 Å². The summed E-state index contributed by atoms with van der Waals surface area (Å²) >= 11 is 0. The van der Waals surface area contributed by atoms with Gasteiger partial charge in [0.25, 0.3) is 5.91 Å². The number of aromatic nitrogens is 3. The van der Waals surface area contributed by atoms with Gasteiger partial charge in [0, 0.05) is 43.6 Å². The van der Waals surface area contributed by atoms with E-state index in [-0.39, 0.29) is 12.5 Å². The summed E-state index contributed by atoms with van der Waals surface area (Å²) in [5.74, 6) is 1.62. The molecule has 2 aromatic heterocycles. The van der Waals surface area contributed by atoms with E-state index in [4.69, 9.17) is 14.7 Å². The van der Waals surface area contributed by atoms with Crippen LogP contribution in [0.25, 0.3) is 27.8 Å². The molecule has 7 heteroatoms. The minimum absolute atomic E-state index is 0.000473. The van der Waals surface area contributed by atoms with E-state index in [1.165, 1.54) is 5.56 Å². The maximum atomic E-state index is 12.9. The zero-order valence-corrected chi connectivity index (χ0v) is 22.2. The normalized spacial score (nSPS) is 13.6. The van der Waals surface area contributed by atoms with Gasteiger partial charge in [0.05, 0.1) is 5.39 Å². The highest BCUT2D eigenvalue weighted by atomic mass is 16.5. The molecule has 0 radical (unpaired) electrons. The Bertz CT molecular complexity index is 1600. The molecule has 196 valence electrons. The maximum Gasteiger partial charge on any atom is 0.260 e. The van der Waals surface area contributed by atoms with Gasteiger partial charge in [-0.25, -0.2) is 9.97 Å². The summed E-state index contributed by atoms with van der Waals surface area (Å²) in [4.78, 5) is 26.5. The van der Waals surface area contributed by atoms with Crippen molar-refractivity contribution in [3.05, 3.63) is 103 Å². The third-order valence-corrected chi connectivity index (χ3v) is 7.24. The summed E-state index contributed by atoms with van der Waals surface area (Å²) in [5, 5.41) is 1.02. The van der Waals surface area contributed by atoms with Crippen LogP contribution in [0.15, 0.2) is 91.4 Å². The van der Waals surface area contributed by atoms with Crippen LogP contribution >= 0.6 is 0 Å². The number of carbonyl (C=O) groups excluding carboxylic acids is 1. The van der Waals surface area contributed by atoms with Gasteiger partial charge >= 0.3 is 0 Å². The van der Waals surface area contributed by atoms with Gasteiger partial charge in [-0.15, -0.1) is 0 Å². The fourth-order valence-corrected chi connectivity index (χ4v) is 5.13. The zero-order chi connectivity index (χ0) is 26.8. The fourth-order valence-electron chi connectivity index (χ4n) is 5.13. The molecule has 5 aromatic rings. The van der Waals surface area contributed by atoms with Crippen LogP contribution < -0.4 is 9.64 Å². The van der Waals surface area contributed by atoms with E-state index < -0.39 is 0 Å². The summed E-state index contributed by atoms with van der Waals surface area (Å²) < 4.78 is 7.90. The molecule has 1 aliphatic rings. The minimum atomic E-state index is -0.000473. The number of carbonyl (C=O) groups is 1. The SMILES string of the molecule is Cc1ccc(-n2cc(-c3ccccc3)c3c(N4CCN(C(=O)COc5cccc(C)c5)CC4)ncnc32)cc1. The molecule has 6 rings (SSSR count). The van der Waals surface area contributed by atoms with Gasteiger partial charge in [-0.1, -0.05) is 60.2 Å². The van der Waals surface area contributed by atoms with Crippen LogP contribution in [-0.2, 0) is 4.79 Å². The predicted molar refractivity (Wildman–Crippen MR) is 155 cm³/mol. The monoisotopic (exact) mass is 517 g/mol. The van der Waals surface area contributed by atoms with E-state index >= 15 is 0 Å². The highest BCUT2D eigenvalue weighted by Crippen LogP contribution is 2.37.